The summed E-state index contributed by atoms with van der Waals surface area (Å²) in [6.07, 6.45) is 2.87. The van der Waals surface area contributed by atoms with Crippen LogP contribution in [0.25, 0.3) is 0 Å². The van der Waals surface area contributed by atoms with Crippen LogP contribution in [-0.2, 0) is 16.8 Å². The van der Waals surface area contributed by atoms with Crippen LogP contribution < -0.4 is 0 Å². The topological polar surface area (TPSA) is 55.1 Å². The molecule has 1 aromatic heterocycles. The van der Waals surface area contributed by atoms with Crippen LogP contribution in [0.4, 0.5) is 0 Å². The second kappa shape index (κ2) is 5.58. The first-order valence-electron chi connectivity index (χ1n) is 5.77. The Bertz CT molecular complexity index is 394. The Hall–Kier alpha value is -0.970. The third-order valence-electron chi connectivity index (χ3n) is 2.36. The summed E-state index contributed by atoms with van der Waals surface area (Å²) in [5, 5.41) is 9.51. The van der Waals surface area contributed by atoms with Crippen LogP contribution in [0.1, 0.15) is 39.8 Å². The van der Waals surface area contributed by atoms with Gasteiger partial charge in [0.15, 0.2) is 5.16 Å². The van der Waals surface area contributed by atoms with Gasteiger partial charge >= 0.3 is 5.97 Å². The second-order valence-electron chi connectivity index (χ2n) is 5.01. The minimum atomic E-state index is -0.807. The molecule has 1 heterocycles. The molecule has 5 heteroatoms. The fraction of sp³-hybridized carbons (Fsp3) is 0.667. The summed E-state index contributed by atoms with van der Waals surface area (Å²) in [7, 11) is 0. The Morgan fingerprint density at radius 1 is 1.53 bits per heavy atom. The van der Waals surface area contributed by atoms with Crippen molar-refractivity contribution in [1.29, 1.82) is 0 Å². The van der Waals surface area contributed by atoms with E-state index in [1.54, 1.807) is 0 Å². The van der Waals surface area contributed by atoms with E-state index in [-0.39, 0.29) is 11.2 Å². The molecule has 1 rings (SSSR count). The molecular weight excluding hydrogens is 236 g/mol. The number of imidazole rings is 1. The Morgan fingerprint density at radius 3 is 2.65 bits per heavy atom. The van der Waals surface area contributed by atoms with Gasteiger partial charge in [-0.05, 0) is 6.42 Å². The highest BCUT2D eigenvalue weighted by atomic mass is 32.2. The Morgan fingerprint density at radius 2 is 2.18 bits per heavy atom. The van der Waals surface area contributed by atoms with Crippen molar-refractivity contribution < 1.29 is 9.90 Å². The van der Waals surface area contributed by atoms with Gasteiger partial charge in [0.05, 0.1) is 5.75 Å². The molecule has 0 saturated heterocycles. The van der Waals surface area contributed by atoms with Crippen LogP contribution in [0.15, 0.2) is 11.4 Å². The Kier molecular flexibility index (Phi) is 4.62. The molecule has 0 spiro atoms. The minimum Gasteiger partial charge on any atom is -0.481 e. The number of rotatable bonds is 5. The van der Waals surface area contributed by atoms with Gasteiger partial charge in [-0.2, -0.15) is 0 Å². The first-order valence-corrected chi connectivity index (χ1v) is 6.75. The first-order chi connectivity index (χ1) is 7.86. The van der Waals surface area contributed by atoms with E-state index in [9.17, 15) is 4.79 Å². The number of carbonyl (C=O) groups is 1. The largest absolute Gasteiger partial charge is 0.481 e. The number of carboxylic acid groups (broad SMARTS) is 1. The lowest BCUT2D eigenvalue weighted by molar-refractivity contribution is -0.133. The van der Waals surface area contributed by atoms with Gasteiger partial charge in [0.1, 0.15) is 0 Å². The van der Waals surface area contributed by atoms with Crippen molar-refractivity contribution in [2.45, 2.75) is 51.2 Å². The molecule has 0 aliphatic carbocycles. The summed E-state index contributed by atoms with van der Waals surface area (Å²) in [6, 6.07) is 0. The van der Waals surface area contributed by atoms with Gasteiger partial charge in [0.2, 0.25) is 0 Å². The molecule has 1 N–H and O–H groups in total. The molecule has 17 heavy (non-hydrogen) atoms. The molecule has 0 fully saturated rings. The standard InChI is InChI=1S/C12H20N2O2S/c1-5-6-14-9(12(2,3)4)7-13-11(14)17-8-10(15)16/h7H,5-6,8H2,1-4H3,(H,15,16). The lowest BCUT2D eigenvalue weighted by Crippen LogP contribution is -2.18. The first kappa shape index (κ1) is 14.1. The van der Waals surface area contributed by atoms with Crippen molar-refractivity contribution >= 4 is 17.7 Å². The predicted molar refractivity (Wildman–Crippen MR) is 69.6 cm³/mol. The maximum Gasteiger partial charge on any atom is 0.313 e. The maximum atomic E-state index is 10.6. The summed E-state index contributed by atoms with van der Waals surface area (Å²) in [5.41, 5.74) is 1.19. The quantitative estimate of drug-likeness (QED) is 0.823. The number of aromatic nitrogens is 2. The molecule has 0 bridgehead atoms. The van der Waals surface area contributed by atoms with Crippen LogP contribution in [0.5, 0.6) is 0 Å². The summed E-state index contributed by atoms with van der Waals surface area (Å²) in [6.45, 7) is 9.41. The second-order valence-corrected chi connectivity index (χ2v) is 5.95. The van der Waals surface area contributed by atoms with Gasteiger partial charge in [-0.25, -0.2) is 4.98 Å². The van der Waals surface area contributed by atoms with Gasteiger partial charge in [0.25, 0.3) is 0 Å². The van der Waals surface area contributed by atoms with Crippen LogP contribution in [0.3, 0.4) is 0 Å². The number of thioether (sulfide) groups is 1. The van der Waals surface area contributed by atoms with Crippen LogP contribution in [-0.4, -0.2) is 26.4 Å². The van der Waals surface area contributed by atoms with E-state index in [1.807, 2.05) is 6.20 Å². The predicted octanol–water partition coefficient (Wildman–Crippen LogP) is 2.77. The van der Waals surface area contributed by atoms with Gasteiger partial charge < -0.3 is 9.67 Å². The van der Waals surface area contributed by atoms with E-state index in [0.717, 1.165) is 23.8 Å². The molecule has 0 aliphatic rings. The lowest BCUT2D eigenvalue weighted by atomic mass is 9.92. The zero-order chi connectivity index (χ0) is 13.1. The van der Waals surface area contributed by atoms with Gasteiger partial charge in [-0.3, -0.25) is 4.79 Å². The monoisotopic (exact) mass is 256 g/mol. The molecule has 4 nitrogen and oxygen atoms in total. The van der Waals surface area contributed by atoms with E-state index < -0.39 is 5.97 Å². The van der Waals surface area contributed by atoms with Gasteiger partial charge in [0, 0.05) is 23.9 Å². The van der Waals surface area contributed by atoms with E-state index in [0.29, 0.717) is 0 Å². The van der Waals surface area contributed by atoms with E-state index in [4.69, 9.17) is 5.11 Å². The molecule has 0 radical (unpaired) electrons. The summed E-state index contributed by atoms with van der Waals surface area (Å²) in [5.74, 6) is -0.747. The van der Waals surface area contributed by atoms with Gasteiger partial charge in [-0.15, -0.1) is 0 Å². The number of nitrogens with zero attached hydrogens (tertiary/aromatic N) is 2. The molecule has 0 unspecified atom stereocenters. The number of hydrogen-bond donors (Lipinski definition) is 1. The van der Waals surface area contributed by atoms with Crippen molar-refractivity contribution in [1.82, 2.24) is 9.55 Å². The molecule has 0 saturated carbocycles. The molecular formula is C12H20N2O2S. The molecule has 1 aromatic rings. The van der Waals surface area contributed by atoms with Crippen LogP contribution >= 0.6 is 11.8 Å². The zero-order valence-electron chi connectivity index (χ0n) is 10.9. The van der Waals surface area contributed by atoms with E-state index in [1.165, 1.54) is 11.8 Å². The molecule has 0 amide bonds. The Balaban J connectivity index is 2.98. The highest BCUT2D eigenvalue weighted by Gasteiger charge is 2.21. The van der Waals surface area contributed by atoms with Crippen LogP contribution in [0, 0.1) is 0 Å². The number of hydrogen-bond acceptors (Lipinski definition) is 3. The van der Waals surface area contributed by atoms with Crippen molar-refractivity contribution in [2.24, 2.45) is 0 Å². The molecule has 0 aliphatic heterocycles. The molecule has 0 aromatic carbocycles. The Labute approximate surface area is 106 Å². The zero-order valence-corrected chi connectivity index (χ0v) is 11.7. The van der Waals surface area contributed by atoms with E-state index >= 15 is 0 Å². The molecule has 0 atom stereocenters. The smallest absolute Gasteiger partial charge is 0.313 e. The summed E-state index contributed by atoms with van der Waals surface area (Å²) in [4.78, 5) is 14.9. The average Bonchev–Trinajstić information content (AvgIpc) is 2.58. The average molecular weight is 256 g/mol. The minimum absolute atomic E-state index is 0.0319. The van der Waals surface area contributed by atoms with E-state index in [2.05, 4.69) is 37.2 Å². The fourth-order valence-corrected chi connectivity index (χ4v) is 2.36. The van der Waals surface area contributed by atoms with Crippen molar-refractivity contribution in [3.63, 3.8) is 0 Å². The van der Waals surface area contributed by atoms with Crippen molar-refractivity contribution in [2.75, 3.05) is 5.75 Å². The van der Waals surface area contributed by atoms with Crippen molar-refractivity contribution in [3.8, 4) is 0 Å². The van der Waals surface area contributed by atoms with Crippen LogP contribution in [0.2, 0.25) is 0 Å². The SMILES string of the molecule is CCCn1c(C(C)(C)C)cnc1SCC(=O)O. The normalized spacial score (nSPS) is 11.8. The fourth-order valence-electron chi connectivity index (χ4n) is 1.64. The lowest BCUT2D eigenvalue weighted by Gasteiger charge is -2.21. The number of aliphatic carboxylic acids is 1. The third kappa shape index (κ3) is 3.77. The highest BCUT2D eigenvalue weighted by molar-refractivity contribution is 7.99. The molecule has 96 valence electrons. The highest BCUT2D eigenvalue weighted by Crippen LogP contribution is 2.27. The summed E-state index contributed by atoms with van der Waals surface area (Å²) < 4.78 is 2.13. The third-order valence-corrected chi connectivity index (χ3v) is 3.33. The maximum absolute atomic E-state index is 10.6. The van der Waals surface area contributed by atoms with Crippen molar-refractivity contribution in [3.05, 3.63) is 11.9 Å². The number of carboxylic acids is 1. The van der Waals surface area contributed by atoms with Gasteiger partial charge in [-0.1, -0.05) is 39.5 Å². The summed E-state index contributed by atoms with van der Waals surface area (Å²) >= 11 is 1.28.